The van der Waals surface area contributed by atoms with Crippen LogP contribution < -0.4 is 0 Å². The maximum Gasteiger partial charge on any atom is 0.120 e. The first kappa shape index (κ1) is 8.49. The van der Waals surface area contributed by atoms with Crippen molar-refractivity contribution in [3.05, 3.63) is 34.9 Å². The quantitative estimate of drug-likeness (QED) is 0.643. The summed E-state index contributed by atoms with van der Waals surface area (Å²) in [7, 11) is 0. The number of carbonyl (C=O) groups excluding carboxylic acids is 1. The predicted molar refractivity (Wildman–Crippen MR) is 52.9 cm³/mol. The van der Waals surface area contributed by atoms with Crippen molar-refractivity contribution in [2.24, 2.45) is 0 Å². The Hall–Kier alpha value is -1.11. The second-order valence-corrected chi connectivity index (χ2v) is 3.66. The Morgan fingerprint density at radius 1 is 1.23 bits per heavy atom. The molecule has 0 saturated heterocycles. The lowest BCUT2D eigenvalue weighted by Gasteiger charge is -2.02. The fourth-order valence-corrected chi connectivity index (χ4v) is 2.01. The monoisotopic (exact) mass is 174 g/mol. The molecule has 1 aromatic rings. The highest BCUT2D eigenvalue weighted by molar-refractivity contribution is 5.50. The zero-order chi connectivity index (χ0) is 9.10. The number of benzene rings is 1. The van der Waals surface area contributed by atoms with Crippen molar-refractivity contribution in [1.29, 1.82) is 0 Å². The number of hydrogen-bond donors (Lipinski definition) is 0. The van der Waals surface area contributed by atoms with E-state index in [1.54, 1.807) is 0 Å². The van der Waals surface area contributed by atoms with Gasteiger partial charge < -0.3 is 4.79 Å². The van der Waals surface area contributed by atoms with Crippen LogP contribution in [0, 0.1) is 0 Å². The largest absolute Gasteiger partial charge is 0.303 e. The first-order chi connectivity index (χ1) is 6.40. The molecule has 1 heteroatoms. The van der Waals surface area contributed by atoms with E-state index in [4.69, 9.17) is 0 Å². The highest BCUT2D eigenvalue weighted by Crippen LogP contribution is 2.23. The van der Waals surface area contributed by atoms with E-state index >= 15 is 0 Å². The minimum atomic E-state index is 0.652. The van der Waals surface area contributed by atoms with Crippen LogP contribution in [0.4, 0.5) is 0 Å². The van der Waals surface area contributed by atoms with E-state index in [0.29, 0.717) is 6.42 Å². The van der Waals surface area contributed by atoms with Gasteiger partial charge in [-0.25, -0.2) is 0 Å². The Kier molecular flexibility index (Phi) is 2.44. The van der Waals surface area contributed by atoms with Gasteiger partial charge in [0, 0.05) is 6.42 Å². The van der Waals surface area contributed by atoms with Gasteiger partial charge in [0.2, 0.25) is 0 Å². The van der Waals surface area contributed by atoms with Gasteiger partial charge in [0.15, 0.2) is 0 Å². The molecular formula is C12H14O. The number of carbonyl (C=O) groups is 1. The first-order valence-corrected chi connectivity index (χ1v) is 4.94. The van der Waals surface area contributed by atoms with Crippen molar-refractivity contribution < 1.29 is 4.79 Å². The number of aryl methyl sites for hydroxylation is 3. The molecule has 0 radical (unpaired) electrons. The fraction of sp³-hybridized carbons (Fsp3) is 0.417. The van der Waals surface area contributed by atoms with Crippen molar-refractivity contribution in [2.75, 3.05) is 0 Å². The van der Waals surface area contributed by atoms with Gasteiger partial charge in [0.25, 0.3) is 0 Å². The number of aldehydes is 1. The summed E-state index contributed by atoms with van der Waals surface area (Å²) in [5, 5.41) is 0. The molecule has 1 aromatic carbocycles. The zero-order valence-electron chi connectivity index (χ0n) is 7.75. The summed E-state index contributed by atoms with van der Waals surface area (Å²) in [6.07, 6.45) is 6.31. The summed E-state index contributed by atoms with van der Waals surface area (Å²) in [6.45, 7) is 0. The van der Waals surface area contributed by atoms with Crippen LogP contribution in [-0.4, -0.2) is 6.29 Å². The maximum atomic E-state index is 10.2. The molecule has 0 N–H and O–H groups in total. The van der Waals surface area contributed by atoms with Crippen LogP contribution in [0.2, 0.25) is 0 Å². The van der Waals surface area contributed by atoms with Gasteiger partial charge in [0.05, 0.1) is 0 Å². The van der Waals surface area contributed by atoms with Gasteiger partial charge in [-0.2, -0.15) is 0 Å². The molecular weight excluding hydrogens is 160 g/mol. The normalized spacial score (nSPS) is 14.2. The Bertz CT molecular complexity index is 315. The van der Waals surface area contributed by atoms with Gasteiger partial charge in [-0.1, -0.05) is 18.2 Å². The summed E-state index contributed by atoms with van der Waals surface area (Å²) in [6, 6.07) is 6.65. The van der Waals surface area contributed by atoms with Crippen LogP contribution in [0.25, 0.3) is 0 Å². The number of hydrogen-bond acceptors (Lipinski definition) is 1. The Morgan fingerprint density at radius 3 is 2.92 bits per heavy atom. The molecule has 0 aromatic heterocycles. The molecule has 0 heterocycles. The molecule has 0 bridgehead atoms. The van der Waals surface area contributed by atoms with E-state index < -0.39 is 0 Å². The molecule has 0 spiro atoms. The topological polar surface area (TPSA) is 17.1 Å². The third-order valence-electron chi connectivity index (χ3n) is 2.71. The summed E-state index contributed by atoms with van der Waals surface area (Å²) in [5.74, 6) is 0. The lowest BCUT2D eigenvalue weighted by atomic mass is 10.0. The van der Waals surface area contributed by atoms with Crippen LogP contribution in [0.15, 0.2) is 18.2 Å². The average Bonchev–Trinajstić information content (AvgIpc) is 2.61. The van der Waals surface area contributed by atoms with Gasteiger partial charge in [-0.3, -0.25) is 0 Å². The first-order valence-electron chi connectivity index (χ1n) is 4.94. The van der Waals surface area contributed by atoms with Crippen molar-refractivity contribution in [3.63, 3.8) is 0 Å². The molecule has 1 aliphatic rings. The highest BCUT2D eigenvalue weighted by Gasteiger charge is 2.10. The molecule has 0 saturated carbocycles. The highest BCUT2D eigenvalue weighted by atomic mass is 16.1. The average molecular weight is 174 g/mol. The predicted octanol–water partition coefficient (Wildman–Crippen LogP) is 2.31. The molecule has 13 heavy (non-hydrogen) atoms. The van der Waals surface area contributed by atoms with Crippen molar-refractivity contribution >= 4 is 6.29 Å². The molecule has 0 aliphatic heterocycles. The smallest absolute Gasteiger partial charge is 0.120 e. The molecule has 0 unspecified atom stereocenters. The standard InChI is InChI=1S/C12H14O/c13-8-2-3-10-6-7-11-4-1-5-12(11)9-10/h6-9H,1-5H2. The van der Waals surface area contributed by atoms with Gasteiger partial charge >= 0.3 is 0 Å². The van der Waals surface area contributed by atoms with Crippen LogP contribution in [0.1, 0.15) is 29.5 Å². The van der Waals surface area contributed by atoms with Crippen LogP contribution >= 0.6 is 0 Å². The van der Waals surface area contributed by atoms with Crippen molar-refractivity contribution in [3.8, 4) is 0 Å². The number of rotatable bonds is 3. The molecule has 0 atom stereocenters. The van der Waals surface area contributed by atoms with Crippen molar-refractivity contribution in [1.82, 2.24) is 0 Å². The number of fused-ring (bicyclic) bond motifs is 1. The summed E-state index contributed by atoms with van der Waals surface area (Å²) in [4.78, 5) is 10.2. The third-order valence-corrected chi connectivity index (χ3v) is 2.71. The van der Waals surface area contributed by atoms with Crippen LogP contribution in [-0.2, 0) is 24.1 Å². The zero-order valence-corrected chi connectivity index (χ0v) is 7.75. The van der Waals surface area contributed by atoms with Gasteiger partial charge in [-0.05, 0) is 42.4 Å². The molecule has 0 fully saturated rings. The second kappa shape index (κ2) is 3.73. The van der Waals surface area contributed by atoms with E-state index in [9.17, 15) is 4.79 Å². The molecule has 2 rings (SSSR count). The summed E-state index contributed by atoms with van der Waals surface area (Å²) in [5.41, 5.74) is 4.33. The van der Waals surface area contributed by atoms with Crippen molar-refractivity contribution in [2.45, 2.75) is 32.1 Å². The summed E-state index contributed by atoms with van der Waals surface area (Å²) < 4.78 is 0. The summed E-state index contributed by atoms with van der Waals surface area (Å²) >= 11 is 0. The Morgan fingerprint density at radius 2 is 2.08 bits per heavy atom. The lowest BCUT2D eigenvalue weighted by Crippen LogP contribution is -1.89. The second-order valence-electron chi connectivity index (χ2n) is 3.66. The fourth-order valence-electron chi connectivity index (χ4n) is 2.01. The molecule has 0 amide bonds. The molecule has 68 valence electrons. The van der Waals surface area contributed by atoms with Gasteiger partial charge in [-0.15, -0.1) is 0 Å². The van der Waals surface area contributed by atoms with Crippen LogP contribution in [0.3, 0.4) is 0 Å². The molecule has 1 aliphatic carbocycles. The van der Waals surface area contributed by atoms with E-state index in [-0.39, 0.29) is 0 Å². The molecule has 1 nitrogen and oxygen atoms in total. The Balaban J connectivity index is 2.16. The maximum absolute atomic E-state index is 10.2. The minimum absolute atomic E-state index is 0.652. The third kappa shape index (κ3) is 1.80. The van der Waals surface area contributed by atoms with E-state index in [2.05, 4.69) is 18.2 Å². The van der Waals surface area contributed by atoms with Gasteiger partial charge in [0.1, 0.15) is 6.29 Å². The van der Waals surface area contributed by atoms with E-state index in [1.807, 2.05) is 0 Å². The van der Waals surface area contributed by atoms with Crippen LogP contribution in [0.5, 0.6) is 0 Å². The SMILES string of the molecule is O=CCCc1ccc2c(c1)CCC2. The Labute approximate surface area is 78.8 Å². The minimum Gasteiger partial charge on any atom is -0.303 e. The van der Waals surface area contributed by atoms with E-state index in [1.165, 1.54) is 36.0 Å². The lowest BCUT2D eigenvalue weighted by molar-refractivity contribution is -0.107. The van der Waals surface area contributed by atoms with E-state index in [0.717, 1.165) is 12.7 Å².